The number of aromatic nitrogens is 2. The highest BCUT2D eigenvalue weighted by Gasteiger charge is 2.25. The summed E-state index contributed by atoms with van der Waals surface area (Å²) in [6.45, 7) is 4.49. The van der Waals surface area contributed by atoms with Gasteiger partial charge < -0.3 is 4.90 Å². The lowest BCUT2D eigenvalue weighted by atomic mass is 10.0. The zero-order valence-corrected chi connectivity index (χ0v) is 14.5. The van der Waals surface area contributed by atoms with Crippen molar-refractivity contribution in [2.75, 3.05) is 24.6 Å². The molecule has 1 unspecified atom stereocenters. The van der Waals surface area contributed by atoms with Crippen LogP contribution in [0.25, 0.3) is 0 Å². The molecule has 0 N–H and O–H groups in total. The first kappa shape index (κ1) is 15.9. The minimum atomic E-state index is 0.101. The van der Waals surface area contributed by atoms with Gasteiger partial charge in [0.1, 0.15) is 0 Å². The summed E-state index contributed by atoms with van der Waals surface area (Å²) in [4.78, 5) is 14.8. The average Bonchev–Trinajstić information content (AvgIpc) is 3.33. The van der Waals surface area contributed by atoms with Gasteiger partial charge in [0.2, 0.25) is 0 Å². The smallest absolute Gasteiger partial charge is 0.253 e. The number of hydrazone groups is 1. The van der Waals surface area contributed by atoms with E-state index in [1.165, 1.54) is 0 Å². The van der Waals surface area contributed by atoms with E-state index in [1.54, 1.807) is 6.20 Å². The van der Waals surface area contributed by atoms with Crippen LogP contribution in [-0.4, -0.2) is 45.9 Å². The molecule has 1 amide bonds. The van der Waals surface area contributed by atoms with Crippen LogP contribution in [0.4, 0.5) is 5.69 Å². The molecule has 6 heteroatoms. The molecule has 6 nitrogen and oxygen atoms in total. The van der Waals surface area contributed by atoms with Gasteiger partial charge >= 0.3 is 0 Å². The molecule has 0 spiro atoms. The number of nitrogens with zero attached hydrogens (tertiary/aromatic N) is 5. The van der Waals surface area contributed by atoms with Gasteiger partial charge in [0.05, 0.1) is 11.7 Å². The molecule has 2 aliphatic rings. The standard InChI is InChI=1S/C19H23N5O/c1-15-9-13-24(21-15)17-7-5-16(6-8-17)19(25)22-11-2-4-18(14-22)23-12-3-10-20-23/h3,5-8,10,12,18H,2,4,9,11,13-14H2,1H3. The predicted molar refractivity (Wildman–Crippen MR) is 97.9 cm³/mol. The summed E-state index contributed by atoms with van der Waals surface area (Å²) < 4.78 is 1.97. The number of amides is 1. The highest BCUT2D eigenvalue weighted by atomic mass is 16.2. The third-order valence-electron chi connectivity index (χ3n) is 4.97. The Morgan fingerprint density at radius 3 is 2.72 bits per heavy atom. The van der Waals surface area contributed by atoms with Gasteiger partial charge in [-0.25, -0.2) is 0 Å². The Hall–Kier alpha value is -2.63. The number of likely N-dealkylation sites (tertiary alicyclic amines) is 1. The van der Waals surface area contributed by atoms with Crippen molar-refractivity contribution in [3.05, 3.63) is 48.3 Å². The van der Waals surface area contributed by atoms with Gasteiger partial charge in [-0.3, -0.25) is 14.5 Å². The Morgan fingerprint density at radius 1 is 1.20 bits per heavy atom. The lowest BCUT2D eigenvalue weighted by Crippen LogP contribution is -2.40. The number of carbonyl (C=O) groups is 1. The molecule has 130 valence electrons. The molecule has 2 aliphatic heterocycles. The van der Waals surface area contributed by atoms with Crippen molar-refractivity contribution >= 4 is 17.3 Å². The van der Waals surface area contributed by atoms with E-state index < -0.39 is 0 Å². The van der Waals surface area contributed by atoms with Gasteiger partial charge in [0, 0.05) is 49.7 Å². The van der Waals surface area contributed by atoms with Gasteiger partial charge in [-0.2, -0.15) is 10.2 Å². The highest BCUT2D eigenvalue weighted by Crippen LogP contribution is 2.24. The molecule has 25 heavy (non-hydrogen) atoms. The zero-order chi connectivity index (χ0) is 17.2. The van der Waals surface area contributed by atoms with E-state index in [0.717, 1.165) is 55.9 Å². The minimum absolute atomic E-state index is 0.101. The van der Waals surface area contributed by atoms with Crippen molar-refractivity contribution in [1.82, 2.24) is 14.7 Å². The van der Waals surface area contributed by atoms with Crippen LogP contribution in [-0.2, 0) is 0 Å². The molecule has 2 aromatic rings. The van der Waals surface area contributed by atoms with Crippen LogP contribution in [0.2, 0.25) is 0 Å². The average molecular weight is 337 g/mol. The van der Waals surface area contributed by atoms with Crippen LogP contribution in [0.5, 0.6) is 0 Å². The summed E-state index contributed by atoms with van der Waals surface area (Å²) in [5, 5.41) is 10.8. The maximum atomic E-state index is 12.9. The third-order valence-corrected chi connectivity index (χ3v) is 4.97. The van der Waals surface area contributed by atoms with E-state index in [1.807, 2.05) is 58.0 Å². The fourth-order valence-electron chi connectivity index (χ4n) is 3.57. The Balaban J connectivity index is 1.45. The maximum Gasteiger partial charge on any atom is 0.253 e. The molecule has 1 fully saturated rings. The van der Waals surface area contributed by atoms with Gasteiger partial charge in [0.15, 0.2) is 0 Å². The third kappa shape index (κ3) is 3.29. The van der Waals surface area contributed by atoms with Crippen molar-refractivity contribution in [1.29, 1.82) is 0 Å². The quantitative estimate of drug-likeness (QED) is 0.865. The normalized spacial score (nSPS) is 20.7. The van der Waals surface area contributed by atoms with Gasteiger partial charge in [-0.1, -0.05) is 0 Å². The van der Waals surface area contributed by atoms with E-state index >= 15 is 0 Å². The molecule has 4 rings (SSSR count). The minimum Gasteiger partial charge on any atom is -0.337 e. The van der Waals surface area contributed by atoms with E-state index in [2.05, 4.69) is 10.2 Å². The number of rotatable bonds is 3. The summed E-state index contributed by atoms with van der Waals surface area (Å²) in [7, 11) is 0. The number of benzene rings is 1. The molecule has 1 aromatic heterocycles. The summed E-state index contributed by atoms with van der Waals surface area (Å²) in [6.07, 6.45) is 6.85. The molecule has 0 radical (unpaired) electrons. The Labute approximate surface area is 147 Å². The number of anilines is 1. The number of hydrogen-bond donors (Lipinski definition) is 0. The first-order chi connectivity index (χ1) is 12.2. The summed E-state index contributed by atoms with van der Waals surface area (Å²) in [5.41, 5.74) is 2.93. The number of carbonyl (C=O) groups excluding carboxylic acids is 1. The largest absolute Gasteiger partial charge is 0.337 e. The van der Waals surface area contributed by atoms with Crippen molar-refractivity contribution in [3.8, 4) is 0 Å². The maximum absolute atomic E-state index is 12.9. The fourth-order valence-corrected chi connectivity index (χ4v) is 3.57. The lowest BCUT2D eigenvalue weighted by Gasteiger charge is -2.33. The zero-order valence-electron chi connectivity index (χ0n) is 14.5. The van der Waals surface area contributed by atoms with Crippen LogP contribution in [0.1, 0.15) is 42.6 Å². The van der Waals surface area contributed by atoms with Crippen molar-refractivity contribution < 1.29 is 4.79 Å². The molecule has 3 heterocycles. The van der Waals surface area contributed by atoms with Crippen LogP contribution in [0.3, 0.4) is 0 Å². The van der Waals surface area contributed by atoms with E-state index in [0.29, 0.717) is 0 Å². The van der Waals surface area contributed by atoms with Crippen LogP contribution in [0.15, 0.2) is 47.8 Å². The van der Waals surface area contributed by atoms with Gasteiger partial charge in [0.25, 0.3) is 5.91 Å². The Bertz CT molecular complexity index is 766. The van der Waals surface area contributed by atoms with Crippen molar-refractivity contribution in [2.24, 2.45) is 5.10 Å². The van der Waals surface area contributed by atoms with E-state index in [4.69, 9.17) is 0 Å². The van der Waals surface area contributed by atoms with Crippen molar-refractivity contribution in [2.45, 2.75) is 32.2 Å². The topological polar surface area (TPSA) is 53.7 Å². The summed E-state index contributed by atoms with van der Waals surface area (Å²) in [6, 6.07) is 10.0. The monoisotopic (exact) mass is 337 g/mol. The number of piperidine rings is 1. The highest BCUT2D eigenvalue weighted by molar-refractivity contribution is 5.94. The van der Waals surface area contributed by atoms with Crippen LogP contribution >= 0.6 is 0 Å². The molecular formula is C19H23N5O. The SMILES string of the molecule is CC1=NN(c2ccc(C(=O)N3CCCC(n4cccn4)C3)cc2)CC1. The molecule has 0 aliphatic carbocycles. The second-order valence-corrected chi connectivity index (χ2v) is 6.79. The molecule has 1 saturated heterocycles. The lowest BCUT2D eigenvalue weighted by molar-refractivity contribution is 0.0673. The second kappa shape index (κ2) is 6.70. The fraction of sp³-hybridized carbons (Fsp3) is 0.421. The first-order valence-electron chi connectivity index (χ1n) is 8.91. The van der Waals surface area contributed by atoms with E-state index in [9.17, 15) is 4.79 Å². The number of hydrogen-bond acceptors (Lipinski definition) is 4. The predicted octanol–water partition coefficient (Wildman–Crippen LogP) is 2.95. The second-order valence-electron chi connectivity index (χ2n) is 6.79. The van der Waals surface area contributed by atoms with Crippen LogP contribution < -0.4 is 5.01 Å². The first-order valence-corrected chi connectivity index (χ1v) is 8.91. The molecule has 0 bridgehead atoms. The van der Waals surface area contributed by atoms with Crippen LogP contribution in [0, 0.1) is 0 Å². The molecular weight excluding hydrogens is 314 g/mol. The van der Waals surface area contributed by atoms with Gasteiger partial charge in [-0.15, -0.1) is 0 Å². The van der Waals surface area contributed by atoms with Gasteiger partial charge in [-0.05, 0) is 50.1 Å². The molecule has 1 aromatic carbocycles. The Kier molecular flexibility index (Phi) is 4.26. The summed E-state index contributed by atoms with van der Waals surface area (Å²) >= 11 is 0. The summed E-state index contributed by atoms with van der Waals surface area (Å²) in [5.74, 6) is 0.101. The van der Waals surface area contributed by atoms with E-state index in [-0.39, 0.29) is 11.9 Å². The molecule has 0 saturated carbocycles. The van der Waals surface area contributed by atoms with Crippen molar-refractivity contribution in [3.63, 3.8) is 0 Å². The molecule has 1 atom stereocenters. The Morgan fingerprint density at radius 2 is 2.04 bits per heavy atom.